The number of para-hydroxylation sites is 1. The lowest BCUT2D eigenvalue weighted by Crippen LogP contribution is -2.49. The topological polar surface area (TPSA) is 87.9 Å². The van der Waals surface area contributed by atoms with Gasteiger partial charge < -0.3 is 19.9 Å². The van der Waals surface area contributed by atoms with Gasteiger partial charge in [0.05, 0.1) is 17.9 Å². The number of nitrogens with one attached hydrogen (secondary N) is 1. The highest BCUT2D eigenvalue weighted by Gasteiger charge is 2.42. The van der Waals surface area contributed by atoms with Crippen LogP contribution in [-0.4, -0.2) is 70.4 Å². The molecule has 4 aliphatic rings. The first-order valence-corrected chi connectivity index (χ1v) is 12.5. The number of amides is 1. The summed E-state index contributed by atoms with van der Waals surface area (Å²) in [4.78, 5) is 21.2. The molecule has 1 saturated heterocycles. The molecule has 0 bridgehead atoms. The fourth-order valence-corrected chi connectivity index (χ4v) is 5.92. The number of halogens is 1. The standard InChI is InChI=1S/C25H30FN7O2/c1-2-16-13-17(14-18(16)24-30-29-22-15-28-23-21(33(22)24)7-8-27-23)35-25(34)32-11-9-31(10-12-32)20-6-4-3-5-19(20)26/h3-8,15-18,21,23,27H,2,9-14H2,1H3/t16-,17+,18+,21?,23?/m1/s1. The molecule has 5 atom stereocenters. The molecule has 0 radical (unpaired) electrons. The average Bonchev–Trinajstić information content (AvgIpc) is 3.61. The Bertz CT molecular complexity index is 1160. The van der Waals surface area contributed by atoms with Gasteiger partial charge in [-0.05, 0) is 43.2 Å². The molecule has 1 N–H and O–H groups in total. The molecule has 2 aromatic rings. The molecule has 10 heteroatoms. The minimum atomic E-state index is -0.280. The quantitative estimate of drug-likeness (QED) is 0.725. The number of aromatic nitrogens is 3. The predicted octanol–water partition coefficient (Wildman–Crippen LogP) is 3.06. The van der Waals surface area contributed by atoms with Gasteiger partial charge in [-0.25, -0.2) is 9.18 Å². The van der Waals surface area contributed by atoms with Crippen molar-refractivity contribution in [2.75, 3.05) is 31.1 Å². The van der Waals surface area contributed by atoms with Gasteiger partial charge in [0.15, 0.2) is 5.82 Å². The highest BCUT2D eigenvalue weighted by molar-refractivity contribution is 5.76. The van der Waals surface area contributed by atoms with Crippen molar-refractivity contribution in [3.8, 4) is 0 Å². The number of hydrogen-bond donors (Lipinski definition) is 1. The minimum absolute atomic E-state index is 0.0182. The molecule has 1 aromatic heterocycles. The number of carbonyl (C=O) groups excluding carboxylic acids is 1. The Hall–Kier alpha value is -3.43. The molecule has 1 aliphatic carbocycles. The maximum absolute atomic E-state index is 14.1. The Morgan fingerprint density at radius 1 is 1.17 bits per heavy atom. The first-order valence-electron chi connectivity index (χ1n) is 12.5. The summed E-state index contributed by atoms with van der Waals surface area (Å²) < 4.78 is 22.3. The van der Waals surface area contributed by atoms with Crippen molar-refractivity contribution in [2.45, 2.75) is 50.4 Å². The van der Waals surface area contributed by atoms with Gasteiger partial charge >= 0.3 is 6.09 Å². The molecule has 2 unspecified atom stereocenters. The van der Waals surface area contributed by atoms with Crippen molar-refractivity contribution in [3.05, 3.63) is 54.0 Å². The van der Waals surface area contributed by atoms with E-state index in [4.69, 9.17) is 4.74 Å². The van der Waals surface area contributed by atoms with Gasteiger partial charge in [-0.2, -0.15) is 0 Å². The van der Waals surface area contributed by atoms with Crippen LogP contribution < -0.4 is 10.2 Å². The highest BCUT2D eigenvalue weighted by Crippen LogP contribution is 2.44. The summed E-state index contributed by atoms with van der Waals surface area (Å²) in [7, 11) is 0. The fraction of sp³-hybridized carbons (Fsp3) is 0.520. The van der Waals surface area contributed by atoms with E-state index < -0.39 is 0 Å². The third-order valence-corrected chi connectivity index (χ3v) is 7.79. The van der Waals surface area contributed by atoms with Crippen LogP contribution in [0.2, 0.25) is 0 Å². The Balaban J connectivity index is 1.10. The summed E-state index contributed by atoms with van der Waals surface area (Å²) in [6.07, 6.45) is 7.92. The van der Waals surface area contributed by atoms with Crippen LogP contribution >= 0.6 is 0 Å². The molecule has 2 fully saturated rings. The summed E-state index contributed by atoms with van der Waals surface area (Å²) in [6.45, 7) is 4.37. The van der Waals surface area contributed by atoms with E-state index >= 15 is 0 Å². The van der Waals surface area contributed by atoms with E-state index in [1.807, 2.05) is 17.2 Å². The minimum Gasteiger partial charge on any atom is -0.446 e. The molecule has 4 heterocycles. The predicted molar refractivity (Wildman–Crippen MR) is 129 cm³/mol. The number of nitrogens with zero attached hydrogens (tertiary/aromatic N) is 6. The molecule has 184 valence electrons. The molecule has 1 aromatic carbocycles. The van der Waals surface area contributed by atoms with E-state index in [-0.39, 0.29) is 36.1 Å². The van der Waals surface area contributed by atoms with Crippen molar-refractivity contribution in [3.63, 3.8) is 0 Å². The molecule has 6 rings (SSSR count). The number of aliphatic imine (C=N–C) groups is 1. The van der Waals surface area contributed by atoms with Crippen LogP contribution in [0.3, 0.4) is 0 Å². The molecule has 35 heavy (non-hydrogen) atoms. The zero-order valence-electron chi connectivity index (χ0n) is 19.8. The summed E-state index contributed by atoms with van der Waals surface area (Å²) >= 11 is 0. The van der Waals surface area contributed by atoms with Gasteiger partial charge in [-0.15, -0.1) is 10.2 Å². The van der Waals surface area contributed by atoms with Gasteiger partial charge in [-0.3, -0.25) is 9.56 Å². The van der Waals surface area contributed by atoms with Gasteiger partial charge in [0.1, 0.15) is 23.9 Å². The van der Waals surface area contributed by atoms with Gasteiger partial charge in [0.2, 0.25) is 0 Å². The molecule has 3 aliphatic heterocycles. The van der Waals surface area contributed by atoms with Gasteiger partial charge in [-0.1, -0.05) is 25.5 Å². The second-order valence-electron chi connectivity index (χ2n) is 9.70. The van der Waals surface area contributed by atoms with E-state index in [0.29, 0.717) is 37.8 Å². The van der Waals surface area contributed by atoms with Crippen molar-refractivity contribution >= 4 is 18.0 Å². The van der Waals surface area contributed by atoms with Crippen LogP contribution in [0.1, 0.15) is 49.8 Å². The zero-order chi connectivity index (χ0) is 23.9. The lowest BCUT2D eigenvalue weighted by atomic mass is 9.92. The van der Waals surface area contributed by atoms with E-state index in [0.717, 1.165) is 30.9 Å². The number of piperazine rings is 1. The smallest absolute Gasteiger partial charge is 0.410 e. The SMILES string of the molecule is CC[C@@H]1C[C@H](OC(=O)N2CCN(c3ccccc3F)CC2)C[C@@H]1c1nnc2n1C1C=CNC1N=C2. The monoisotopic (exact) mass is 479 g/mol. The second kappa shape index (κ2) is 8.98. The van der Waals surface area contributed by atoms with Crippen LogP contribution in [0.25, 0.3) is 0 Å². The van der Waals surface area contributed by atoms with E-state index in [1.54, 1.807) is 23.2 Å². The van der Waals surface area contributed by atoms with Crippen molar-refractivity contribution < 1.29 is 13.9 Å². The Morgan fingerprint density at radius 3 is 2.80 bits per heavy atom. The number of hydrogen-bond acceptors (Lipinski definition) is 7. The van der Waals surface area contributed by atoms with Gasteiger partial charge in [0.25, 0.3) is 0 Å². The first kappa shape index (κ1) is 22.1. The third kappa shape index (κ3) is 3.94. The third-order valence-electron chi connectivity index (χ3n) is 7.79. The lowest BCUT2D eigenvalue weighted by Gasteiger charge is -2.36. The number of ether oxygens (including phenoxy) is 1. The first-order chi connectivity index (χ1) is 17.1. The molecular weight excluding hydrogens is 449 g/mol. The summed E-state index contributed by atoms with van der Waals surface area (Å²) in [5, 5.41) is 12.2. The highest BCUT2D eigenvalue weighted by atomic mass is 19.1. The largest absolute Gasteiger partial charge is 0.446 e. The summed E-state index contributed by atoms with van der Waals surface area (Å²) in [5.41, 5.74) is 0.584. The van der Waals surface area contributed by atoms with Crippen LogP contribution in [0.15, 0.2) is 41.5 Å². The van der Waals surface area contributed by atoms with Crippen LogP contribution in [0.5, 0.6) is 0 Å². The molecule has 1 amide bonds. The van der Waals surface area contributed by atoms with Crippen molar-refractivity contribution in [2.24, 2.45) is 10.9 Å². The molecule has 1 saturated carbocycles. The van der Waals surface area contributed by atoms with Crippen LogP contribution in [0.4, 0.5) is 14.9 Å². The number of rotatable bonds is 4. The summed E-state index contributed by atoms with van der Waals surface area (Å²) in [6, 6.07) is 6.84. The van der Waals surface area contributed by atoms with Crippen molar-refractivity contribution in [1.29, 1.82) is 0 Å². The Morgan fingerprint density at radius 2 is 2.00 bits per heavy atom. The number of fused-ring (bicyclic) bond motifs is 3. The van der Waals surface area contributed by atoms with Crippen LogP contribution in [-0.2, 0) is 4.74 Å². The lowest BCUT2D eigenvalue weighted by molar-refractivity contribution is 0.0617. The molecule has 0 spiro atoms. The maximum Gasteiger partial charge on any atom is 0.410 e. The Labute approximate surface area is 203 Å². The maximum atomic E-state index is 14.1. The molecular formula is C25H30FN7O2. The Kier molecular flexibility index (Phi) is 5.66. The van der Waals surface area contributed by atoms with E-state index in [1.165, 1.54) is 6.07 Å². The average molecular weight is 480 g/mol. The number of anilines is 1. The number of benzene rings is 1. The van der Waals surface area contributed by atoms with Gasteiger partial charge in [0, 0.05) is 32.1 Å². The normalized spacial score (nSPS) is 29.1. The van der Waals surface area contributed by atoms with Crippen LogP contribution in [0, 0.1) is 11.7 Å². The molecule has 9 nitrogen and oxygen atoms in total. The second-order valence-corrected chi connectivity index (χ2v) is 9.70. The van der Waals surface area contributed by atoms with E-state index in [2.05, 4.69) is 38.1 Å². The fourth-order valence-electron chi connectivity index (χ4n) is 5.92. The summed E-state index contributed by atoms with van der Waals surface area (Å²) in [5.74, 6) is 2.05. The van der Waals surface area contributed by atoms with Crippen molar-refractivity contribution in [1.82, 2.24) is 25.0 Å². The zero-order valence-corrected chi connectivity index (χ0v) is 19.8. The van der Waals surface area contributed by atoms with E-state index in [9.17, 15) is 9.18 Å². The number of carbonyl (C=O) groups is 1.